The van der Waals surface area contributed by atoms with Crippen molar-refractivity contribution in [2.24, 2.45) is 0 Å². The van der Waals surface area contributed by atoms with E-state index in [4.69, 9.17) is 0 Å². The van der Waals surface area contributed by atoms with Crippen LogP contribution in [0.25, 0.3) is 22.2 Å². The number of fused-ring (bicyclic) bond motifs is 1. The third kappa shape index (κ3) is 5.07. The number of nitrogens with one attached hydrogen (secondary N) is 3. The van der Waals surface area contributed by atoms with Crippen LogP contribution in [0.2, 0.25) is 0 Å². The van der Waals surface area contributed by atoms with Gasteiger partial charge < -0.3 is 15.6 Å². The van der Waals surface area contributed by atoms with E-state index in [1.807, 2.05) is 24.5 Å². The zero-order valence-electron chi connectivity index (χ0n) is 16.9. The number of aromatic nitrogens is 2. The number of thioether (sulfide) groups is 1. The summed E-state index contributed by atoms with van der Waals surface area (Å²) in [6, 6.07) is 10.5. The van der Waals surface area contributed by atoms with Crippen LogP contribution in [-0.4, -0.2) is 53.2 Å². The normalized spacial score (nSPS) is 11.8. The van der Waals surface area contributed by atoms with Crippen molar-refractivity contribution in [3.05, 3.63) is 53.9 Å². The van der Waals surface area contributed by atoms with E-state index < -0.39 is 0 Å². The van der Waals surface area contributed by atoms with E-state index in [2.05, 4.69) is 20.6 Å². The van der Waals surface area contributed by atoms with Gasteiger partial charge in [0, 0.05) is 36.2 Å². The van der Waals surface area contributed by atoms with Crippen LogP contribution in [0.4, 0.5) is 0 Å². The number of aromatic amines is 1. The fourth-order valence-electron chi connectivity index (χ4n) is 3.28. The molecule has 2 amide bonds. The second-order valence-electron chi connectivity index (χ2n) is 6.89. The van der Waals surface area contributed by atoms with Crippen molar-refractivity contribution in [3.8, 4) is 11.1 Å². The number of amides is 2. The van der Waals surface area contributed by atoms with Gasteiger partial charge in [0.15, 0.2) is 0 Å². The smallest absolute Gasteiger partial charge is 0.251 e. The van der Waals surface area contributed by atoms with Crippen LogP contribution in [0.5, 0.6) is 0 Å². The van der Waals surface area contributed by atoms with Gasteiger partial charge in [-0.1, -0.05) is 12.1 Å². The minimum atomic E-state index is -0.316. The van der Waals surface area contributed by atoms with Crippen LogP contribution in [0, 0.1) is 0 Å². The first kappa shape index (κ1) is 21.6. The first-order valence-electron chi connectivity index (χ1n) is 9.58. The molecule has 2 aromatic carbocycles. The Balaban J connectivity index is 1.92. The molecule has 7 nitrogen and oxygen atoms in total. The lowest BCUT2D eigenvalue weighted by molar-refractivity contribution is -0.121. The summed E-state index contributed by atoms with van der Waals surface area (Å²) in [5.74, 6) is 0.376. The van der Waals surface area contributed by atoms with Crippen molar-refractivity contribution in [2.75, 3.05) is 19.1 Å². The van der Waals surface area contributed by atoms with Gasteiger partial charge in [0.1, 0.15) is 6.29 Å². The molecule has 1 aromatic heterocycles. The molecule has 0 saturated carbocycles. The lowest BCUT2D eigenvalue weighted by Crippen LogP contribution is -2.39. The number of aldehydes is 1. The number of H-pyrrole nitrogens is 1. The summed E-state index contributed by atoms with van der Waals surface area (Å²) in [7, 11) is 1.57. The number of nitrogens with zero attached hydrogens (tertiary/aromatic N) is 1. The van der Waals surface area contributed by atoms with E-state index in [0.717, 1.165) is 34.2 Å². The molecule has 3 N–H and O–H groups in total. The summed E-state index contributed by atoms with van der Waals surface area (Å²) in [5.41, 5.74) is 3.97. The van der Waals surface area contributed by atoms with Gasteiger partial charge in [-0.05, 0) is 48.3 Å². The third-order valence-electron chi connectivity index (χ3n) is 4.83. The zero-order valence-corrected chi connectivity index (χ0v) is 17.7. The fourth-order valence-corrected chi connectivity index (χ4v) is 3.80. The number of benzene rings is 2. The van der Waals surface area contributed by atoms with E-state index >= 15 is 0 Å². The fraction of sp³-hybridized carbons (Fsp3) is 0.273. The van der Waals surface area contributed by atoms with Gasteiger partial charge in [0.2, 0.25) is 5.91 Å². The monoisotopic (exact) mass is 424 g/mol. The van der Waals surface area contributed by atoms with Crippen LogP contribution in [0.15, 0.2) is 42.7 Å². The molecule has 1 heterocycles. The highest BCUT2D eigenvalue weighted by Gasteiger charge is 2.18. The molecule has 0 bridgehead atoms. The molecule has 0 fully saturated rings. The van der Waals surface area contributed by atoms with Crippen molar-refractivity contribution in [3.63, 3.8) is 0 Å². The molecular formula is C22H24N4O3S. The molecule has 0 unspecified atom stereocenters. The molecule has 0 radical (unpaired) electrons. The van der Waals surface area contributed by atoms with Gasteiger partial charge in [0.25, 0.3) is 5.91 Å². The number of para-hydroxylation sites is 1. The van der Waals surface area contributed by atoms with Gasteiger partial charge in [-0.2, -0.15) is 11.8 Å². The number of imidazole rings is 1. The Labute approximate surface area is 179 Å². The third-order valence-corrected chi connectivity index (χ3v) is 5.47. The van der Waals surface area contributed by atoms with E-state index in [0.29, 0.717) is 17.5 Å². The lowest BCUT2D eigenvalue weighted by Gasteiger charge is -2.18. The standard InChI is InChI=1S/C22H24N4O3S/c1-23-20(28)11-17(6-7-30-2)26-22(29)16-9-14(12-27)8-15(10-16)18-4-3-5-19-21(18)25-13-24-19/h3-5,8-10,12-13,17H,6-7,11H2,1-2H3,(H,23,28)(H,24,25)(H,26,29)/t17-/m0/s1. The zero-order chi connectivity index (χ0) is 21.5. The molecule has 0 aliphatic heterocycles. The summed E-state index contributed by atoms with van der Waals surface area (Å²) in [5, 5.41) is 5.54. The van der Waals surface area contributed by atoms with Gasteiger partial charge in [-0.3, -0.25) is 14.4 Å². The first-order valence-corrected chi connectivity index (χ1v) is 11.0. The minimum absolute atomic E-state index is 0.131. The molecule has 0 spiro atoms. The molecule has 1 atom stereocenters. The van der Waals surface area contributed by atoms with Crippen LogP contribution in [0.3, 0.4) is 0 Å². The molecule has 0 aliphatic carbocycles. The molecule has 3 aromatic rings. The maximum atomic E-state index is 13.0. The molecule has 0 aliphatic rings. The molecular weight excluding hydrogens is 400 g/mol. The minimum Gasteiger partial charge on any atom is -0.359 e. The second kappa shape index (κ2) is 10.1. The van der Waals surface area contributed by atoms with Gasteiger partial charge >= 0.3 is 0 Å². The van der Waals surface area contributed by atoms with Crippen LogP contribution >= 0.6 is 11.8 Å². The Kier molecular flexibility index (Phi) is 7.24. The number of hydrogen-bond donors (Lipinski definition) is 3. The molecule has 30 heavy (non-hydrogen) atoms. The van der Waals surface area contributed by atoms with Crippen molar-refractivity contribution >= 4 is 40.9 Å². The maximum Gasteiger partial charge on any atom is 0.251 e. The highest BCUT2D eigenvalue weighted by molar-refractivity contribution is 7.98. The van der Waals surface area contributed by atoms with Gasteiger partial charge in [-0.25, -0.2) is 4.98 Å². The Morgan fingerprint density at radius 3 is 2.83 bits per heavy atom. The van der Waals surface area contributed by atoms with E-state index in [-0.39, 0.29) is 24.3 Å². The largest absolute Gasteiger partial charge is 0.359 e. The Morgan fingerprint density at radius 2 is 2.10 bits per heavy atom. The maximum absolute atomic E-state index is 13.0. The molecule has 156 valence electrons. The highest BCUT2D eigenvalue weighted by Crippen LogP contribution is 2.28. The van der Waals surface area contributed by atoms with Crippen molar-refractivity contribution in [1.29, 1.82) is 0 Å². The van der Waals surface area contributed by atoms with Crippen molar-refractivity contribution in [1.82, 2.24) is 20.6 Å². The topological polar surface area (TPSA) is 104 Å². The first-order chi connectivity index (χ1) is 14.5. The summed E-state index contributed by atoms with van der Waals surface area (Å²) in [4.78, 5) is 43.7. The number of carbonyl (C=O) groups is 3. The van der Waals surface area contributed by atoms with Crippen molar-refractivity contribution in [2.45, 2.75) is 18.9 Å². The SMILES string of the molecule is CNC(=O)C[C@H](CCSC)NC(=O)c1cc(C=O)cc(-c2cccc3[nH]cnc23)c1. The summed E-state index contributed by atoms with van der Waals surface area (Å²) < 4.78 is 0. The van der Waals surface area contributed by atoms with Gasteiger partial charge in [0.05, 0.1) is 17.4 Å². The van der Waals surface area contributed by atoms with Gasteiger partial charge in [-0.15, -0.1) is 0 Å². The molecule has 8 heteroatoms. The predicted molar refractivity (Wildman–Crippen MR) is 120 cm³/mol. The number of carbonyl (C=O) groups excluding carboxylic acids is 3. The number of rotatable bonds is 9. The Hall–Kier alpha value is -3.13. The van der Waals surface area contributed by atoms with Crippen LogP contribution in [-0.2, 0) is 4.79 Å². The summed E-state index contributed by atoms with van der Waals surface area (Å²) in [6.07, 6.45) is 5.19. The van der Waals surface area contributed by atoms with Crippen LogP contribution in [0.1, 0.15) is 33.6 Å². The number of hydrogen-bond acceptors (Lipinski definition) is 5. The second-order valence-corrected chi connectivity index (χ2v) is 7.88. The van der Waals surface area contributed by atoms with Crippen LogP contribution < -0.4 is 10.6 Å². The molecule has 0 saturated heterocycles. The molecule has 3 rings (SSSR count). The summed E-state index contributed by atoms with van der Waals surface area (Å²) in [6.45, 7) is 0. The van der Waals surface area contributed by atoms with Crippen molar-refractivity contribution < 1.29 is 14.4 Å². The Bertz CT molecular complexity index is 1060. The Morgan fingerprint density at radius 1 is 1.27 bits per heavy atom. The predicted octanol–water partition coefficient (Wildman–Crippen LogP) is 3.03. The summed E-state index contributed by atoms with van der Waals surface area (Å²) >= 11 is 1.66. The lowest BCUT2D eigenvalue weighted by atomic mass is 9.98. The quantitative estimate of drug-likeness (QED) is 0.458. The average molecular weight is 425 g/mol. The van der Waals surface area contributed by atoms with E-state index in [9.17, 15) is 14.4 Å². The van der Waals surface area contributed by atoms with E-state index in [1.165, 1.54) is 0 Å². The van der Waals surface area contributed by atoms with E-state index in [1.54, 1.807) is 43.3 Å². The average Bonchev–Trinajstić information content (AvgIpc) is 3.25. The highest BCUT2D eigenvalue weighted by atomic mass is 32.2.